The van der Waals surface area contributed by atoms with Crippen LogP contribution in [0.1, 0.15) is 17.5 Å². The molecule has 1 aromatic carbocycles. The summed E-state index contributed by atoms with van der Waals surface area (Å²) in [5, 5.41) is 6.91. The first kappa shape index (κ1) is 24.2. The summed E-state index contributed by atoms with van der Waals surface area (Å²) in [6, 6.07) is 13.0. The number of aromatic nitrogens is 1. The lowest BCUT2D eigenvalue weighted by molar-refractivity contribution is 0.143. The largest absolute Gasteiger partial charge is 0.475 e. The van der Waals surface area contributed by atoms with Crippen LogP contribution >= 0.6 is 24.0 Å². The molecule has 1 fully saturated rings. The van der Waals surface area contributed by atoms with E-state index in [1.54, 1.807) is 20.4 Å². The molecule has 1 saturated heterocycles. The van der Waals surface area contributed by atoms with Crippen LogP contribution in [0.3, 0.4) is 0 Å². The van der Waals surface area contributed by atoms with Gasteiger partial charge in [0.15, 0.2) is 5.96 Å². The molecule has 1 aliphatic heterocycles. The lowest BCUT2D eigenvalue weighted by atomic mass is 10.2. The highest BCUT2D eigenvalue weighted by Crippen LogP contribution is 2.20. The second kappa shape index (κ2) is 12.6. The number of benzene rings is 1. The van der Waals surface area contributed by atoms with Crippen molar-refractivity contribution in [2.75, 3.05) is 45.4 Å². The topological polar surface area (TPSA) is 71.0 Å². The summed E-state index contributed by atoms with van der Waals surface area (Å²) in [6.45, 7) is 5.71. The van der Waals surface area contributed by atoms with Crippen LogP contribution in [0.2, 0.25) is 0 Å². The van der Waals surface area contributed by atoms with E-state index >= 15 is 0 Å². The van der Waals surface area contributed by atoms with E-state index in [1.807, 2.05) is 12.1 Å². The molecule has 30 heavy (non-hydrogen) atoms. The van der Waals surface area contributed by atoms with Gasteiger partial charge in [-0.25, -0.2) is 4.98 Å². The van der Waals surface area contributed by atoms with Gasteiger partial charge in [-0.3, -0.25) is 4.99 Å². The molecule has 1 aliphatic rings. The summed E-state index contributed by atoms with van der Waals surface area (Å²) < 4.78 is 10.7. The van der Waals surface area contributed by atoms with E-state index in [4.69, 9.17) is 9.47 Å². The monoisotopic (exact) mass is 525 g/mol. The molecule has 1 unspecified atom stereocenters. The van der Waals surface area contributed by atoms with Crippen LogP contribution < -0.4 is 20.3 Å². The Kier molecular flexibility index (Phi) is 10.2. The van der Waals surface area contributed by atoms with Gasteiger partial charge in [0.05, 0.1) is 6.61 Å². The van der Waals surface area contributed by atoms with E-state index in [1.165, 1.54) is 11.3 Å². The van der Waals surface area contributed by atoms with Crippen LogP contribution in [0.5, 0.6) is 5.88 Å². The first-order valence-corrected chi connectivity index (χ1v) is 10.0. The molecule has 3 rings (SSSR count). The molecule has 1 atom stereocenters. The van der Waals surface area contributed by atoms with Crippen molar-refractivity contribution in [2.24, 2.45) is 4.99 Å². The second-order valence-electron chi connectivity index (χ2n) is 7.15. The van der Waals surface area contributed by atoms with E-state index in [-0.39, 0.29) is 24.0 Å². The van der Waals surface area contributed by atoms with Crippen molar-refractivity contribution in [2.45, 2.75) is 25.9 Å². The van der Waals surface area contributed by atoms with E-state index in [0.29, 0.717) is 31.7 Å². The minimum absolute atomic E-state index is 0. The van der Waals surface area contributed by atoms with Crippen molar-refractivity contribution in [1.29, 1.82) is 0 Å². The van der Waals surface area contributed by atoms with Crippen LogP contribution in [0.4, 0.5) is 5.69 Å². The first-order valence-electron chi connectivity index (χ1n) is 10.0. The van der Waals surface area contributed by atoms with Crippen molar-refractivity contribution in [3.8, 4) is 5.88 Å². The van der Waals surface area contributed by atoms with Gasteiger partial charge in [0.1, 0.15) is 6.61 Å². The number of hydrogen-bond acceptors (Lipinski definition) is 5. The summed E-state index contributed by atoms with van der Waals surface area (Å²) in [5.41, 5.74) is 3.54. The Morgan fingerprint density at radius 1 is 1.23 bits per heavy atom. The Morgan fingerprint density at radius 3 is 2.77 bits per heavy atom. The predicted molar refractivity (Wildman–Crippen MR) is 132 cm³/mol. The summed E-state index contributed by atoms with van der Waals surface area (Å²) in [5.74, 6) is 1.41. The highest BCUT2D eigenvalue weighted by molar-refractivity contribution is 14.0. The average molecular weight is 525 g/mol. The lowest BCUT2D eigenvalue weighted by Crippen LogP contribution is -2.44. The van der Waals surface area contributed by atoms with Gasteiger partial charge in [-0.05, 0) is 31.5 Å². The van der Waals surface area contributed by atoms with Crippen LogP contribution in [-0.2, 0) is 11.3 Å². The third kappa shape index (κ3) is 7.02. The van der Waals surface area contributed by atoms with Gasteiger partial charge in [-0.2, -0.15) is 0 Å². The number of nitrogens with zero attached hydrogens (tertiary/aromatic N) is 3. The van der Waals surface area contributed by atoms with Crippen molar-refractivity contribution in [3.63, 3.8) is 0 Å². The molecule has 0 aliphatic carbocycles. The fourth-order valence-corrected chi connectivity index (χ4v) is 3.35. The Balaban J connectivity index is 0.00000320. The van der Waals surface area contributed by atoms with E-state index in [2.05, 4.69) is 56.7 Å². The molecule has 7 nitrogen and oxygen atoms in total. The third-order valence-electron chi connectivity index (χ3n) is 4.97. The highest BCUT2D eigenvalue weighted by Gasteiger charge is 2.23. The Morgan fingerprint density at radius 2 is 2.03 bits per heavy atom. The van der Waals surface area contributed by atoms with Crippen molar-refractivity contribution in [1.82, 2.24) is 15.6 Å². The molecule has 164 valence electrons. The number of ether oxygens (including phenoxy) is 2. The molecule has 8 heteroatoms. The zero-order chi connectivity index (χ0) is 20.5. The summed E-state index contributed by atoms with van der Waals surface area (Å²) in [6.07, 6.45) is 2.81. The van der Waals surface area contributed by atoms with Gasteiger partial charge in [-0.15, -0.1) is 24.0 Å². The fourth-order valence-electron chi connectivity index (χ4n) is 3.35. The van der Waals surface area contributed by atoms with E-state index < -0.39 is 0 Å². The molecule has 0 radical (unpaired) electrons. The van der Waals surface area contributed by atoms with Crippen molar-refractivity contribution in [3.05, 3.63) is 53.7 Å². The van der Waals surface area contributed by atoms with Crippen LogP contribution in [0.25, 0.3) is 0 Å². The number of rotatable bonds is 8. The zero-order valence-electron chi connectivity index (χ0n) is 17.9. The number of methoxy groups -OCH3 is 1. The van der Waals surface area contributed by atoms with Crippen LogP contribution in [0, 0.1) is 6.92 Å². The van der Waals surface area contributed by atoms with Gasteiger partial charge < -0.3 is 25.0 Å². The van der Waals surface area contributed by atoms with Crippen LogP contribution in [-0.4, -0.2) is 57.4 Å². The number of nitrogens with one attached hydrogen (secondary N) is 2. The quantitative estimate of drug-likeness (QED) is 0.239. The number of aryl methyl sites for hydroxylation is 1. The van der Waals surface area contributed by atoms with Gasteiger partial charge in [0, 0.05) is 57.3 Å². The number of hydrogen-bond donors (Lipinski definition) is 2. The van der Waals surface area contributed by atoms with Gasteiger partial charge in [0.2, 0.25) is 5.88 Å². The Labute approximate surface area is 196 Å². The Hall–Kier alpha value is -2.07. The van der Waals surface area contributed by atoms with Gasteiger partial charge in [0.25, 0.3) is 0 Å². The third-order valence-corrected chi connectivity index (χ3v) is 4.97. The molecular weight excluding hydrogens is 493 g/mol. The summed E-state index contributed by atoms with van der Waals surface area (Å²) in [4.78, 5) is 11.1. The second-order valence-corrected chi connectivity index (χ2v) is 7.15. The van der Waals surface area contributed by atoms with E-state index in [0.717, 1.165) is 31.0 Å². The van der Waals surface area contributed by atoms with Gasteiger partial charge in [-0.1, -0.05) is 23.8 Å². The first-order chi connectivity index (χ1) is 14.2. The highest BCUT2D eigenvalue weighted by atomic mass is 127. The summed E-state index contributed by atoms with van der Waals surface area (Å²) >= 11 is 0. The molecule has 2 aromatic rings. The maximum absolute atomic E-state index is 5.71. The van der Waals surface area contributed by atoms with Gasteiger partial charge >= 0.3 is 0 Å². The number of pyridine rings is 1. The minimum Gasteiger partial charge on any atom is -0.475 e. The normalized spacial score (nSPS) is 16.2. The Bertz CT molecular complexity index is 800. The molecular formula is C22H32IN5O2. The van der Waals surface area contributed by atoms with Crippen LogP contribution in [0.15, 0.2) is 47.6 Å². The number of anilines is 1. The average Bonchev–Trinajstić information content (AvgIpc) is 3.21. The number of aliphatic imine (C=N–C) groups is 1. The van der Waals surface area contributed by atoms with Crippen molar-refractivity contribution >= 4 is 35.6 Å². The SMILES string of the molecule is CN=C(NCc1cccnc1OCCOC)NC1CCN(c2ccc(C)cc2)C1.I. The molecule has 0 spiro atoms. The maximum atomic E-state index is 5.71. The van der Waals surface area contributed by atoms with E-state index in [9.17, 15) is 0 Å². The molecule has 2 N–H and O–H groups in total. The minimum atomic E-state index is 0. The zero-order valence-corrected chi connectivity index (χ0v) is 20.3. The van der Waals surface area contributed by atoms with Crippen molar-refractivity contribution < 1.29 is 9.47 Å². The molecule has 0 saturated carbocycles. The standard InChI is InChI=1S/C22H31N5O2.HI/c1-17-6-8-20(9-7-17)27-12-10-19(16-27)26-22(23-2)25-15-18-5-4-11-24-21(18)29-14-13-28-3;/h4-9,11,19H,10,12-16H2,1-3H3,(H2,23,25,26);1H. The number of guanidine groups is 1. The molecule has 1 aromatic heterocycles. The molecule has 2 heterocycles. The smallest absolute Gasteiger partial charge is 0.218 e. The fraction of sp³-hybridized carbons (Fsp3) is 0.455. The molecule has 0 amide bonds. The summed E-state index contributed by atoms with van der Waals surface area (Å²) in [7, 11) is 3.45. The number of halogens is 1. The lowest BCUT2D eigenvalue weighted by Gasteiger charge is -2.21. The molecule has 0 bridgehead atoms. The predicted octanol–water partition coefficient (Wildman–Crippen LogP) is 2.98. The maximum Gasteiger partial charge on any atom is 0.218 e.